The van der Waals surface area contributed by atoms with Gasteiger partial charge >= 0.3 is 0 Å². The molecule has 0 spiro atoms. The number of rotatable bonds is 8. The van der Waals surface area contributed by atoms with Crippen LogP contribution in [0.25, 0.3) is 0 Å². The fourth-order valence-corrected chi connectivity index (χ4v) is 5.23. The van der Waals surface area contributed by atoms with Crippen LogP contribution >= 0.6 is 0 Å². The Bertz CT molecular complexity index is 1440. The Morgan fingerprint density at radius 1 is 0.900 bits per heavy atom. The maximum atomic E-state index is 13.8. The number of amides is 2. The van der Waals surface area contributed by atoms with Gasteiger partial charge in [-0.1, -0.05) is 36.4 Å². The predicted octanol–water partition coefficient (Wildman–Crippen LogP) is 3.93. The van der Waals surface area contributed by atoms with Gasteiger partial charge in [-0.2, -0.15) is 0 Å². The summed E-state index contributed by atoms with van der Waals surface area (Å²) in [4.78, 5) is 51.7. The van der Waals surface area contributed by atoms with E-state index in [-0.39, 0.29) is 5.69 Å². The van der Waals surface area contributed by atoms with E-state index in [2.05, 4.69) is 10.6 Å². The molecule has 3 N–H and O–H groups in total. The number of nitro benzene ring substituents is 1. The summed E-state index contributed by atoms with van der Waals surface area (Å²) in [5, 5.41) is 28.2. The highest BCUT2D eigenvalue weighted by atomic mass is 16.6. The number of para-hydroxylation sites is 4. The second kappa shape index (κ2) is 11.5. The van der Waals surface area contributed by atoms with Crippen LogP contribution in [0.3, 0.4) is 0 Å². The summed E-state index contributed by atoms with van der Waals surface area (Å²) >= 11 is 0. The highest BCUT2D eigenvalue weighted by Crippen LogP contribution is 2.47. The van der Waals surface area contributed by atoms with Crippen molar-refractivity contribution in [1.82, 2.24) is 0 Å². The van der Waals surface area contributed by atoms with Gasteiger partial charge in [-0.05, 0) is 36.8 Å². The third kappa shape index (κ3) is 5.64. The molecule has 3 aromatic rings. The van der Waals surface area contributed by atoms with Crippen LogP contribution in [0.4, 0.5) is 17.1 Å². The molecule has 1 fully saturated rings. The Balaban J connectivity index is 1.80. The molecule has 4 atom stereocenters. The summed E-state index contributed by atoms with van der Waals surface area (Å²) in [6.45, 7) is 1.37. The molecule has 2 amide bonds. The largest absolute Gasteiger partial charge is 0.495 e. The van der Waals surface area contributed by atoms with Gasteiger partial charge in [0.2, 0.25) is 11.8 Å². The molecular weight excluding hydrogens is 518 g/mol. The molecule has 1 aliphatic carbocycles. The quantitative estimate of drug-likeness (QED) is 0.218. The first kappa shape index (κ1) is 28.2. The molecule has 1 aliphatic rings. The van der Waals surface area contributed by atoms with E-state index in [1.54, 1.807) is 48.5 Å². The topological polar surface area (TPSA) is 157 Å². The number of carbonyl (C=O) groups excluding carboxylic acids is 3. The second-order valence-electron chi connectivity index (χ2n) is 9.71. The number of Topliss-reactive ketones (excluding diaryl/α,β-unsaturated/α-hetero) is 1. The van der Waals surface area contributed by atoms with Gasteiger partial charge in [0.15, 0.2) is 0 Å². The van der Waals surface area contributed by atoms with Crippen LogP contribution < -0.4 is 20.1 Å². The highest BCUT2D eigenvalue weighted by molar-refractivity contribution is 6.11. The molecule has 0 aromatic heterocycles. The van der Waals surface area contributed by atoms with Gasteiger partial charge in [0, 0.05) is 24.5 Å². The lowest BCUT2D eigenvalue weighted by molar-refractivity contribution is -0.384. The van der Waals surface area contributed by atoms with E-state index in [1.165, 1.54) is 45.4 Å². The molecule has 11 nitrogen and oxygen atoms in total. The number of anilines is 2. The van der Waals surface area contributed by atoms with Crippen molar-refractivity contribution in [1.29, 1.82) is 0 Å². The van der Waals surface area contributed by atoms with Crippen molar-refractivity contribution in [2.24, 2.45) is 11.8 Å². The average Bonchev–Trinajstić information content (AvgIpc) is 2.92. The van der Waals surface area contributed by atoms with Crippen LogP contribution in [0.5, 0.6) is 11.5 Å². The van der Waals surface area contributed by atoms with Gasteiger partial charge in [0.25, 0.3) is 5.69 Å². The Kier molecular flexibility index (Phi) is 8.15. The smallest absolute Gasteiger partial charge is 0.269 e. The first-order valence-electron chi connectivity index (χ1n) is 12.4. The lowest BCUT2D eigenvalue weighted by atomic mass is 9.61. The minimum absolute atomic E-state index is 0.206. The van der Waals surface area contributed by atoms with Gasteiger partial charge in [0.1, 0.15) is 23.2 Å². The zero-order valence-corrected chi connectivity index (χ0v) is 22.1. The summed E-state index contributed by atoms with van der Waals surface area (Å²) in [6, 6.07) is 18.6. The van der Waals surface area contributed by atoms with E-state index >= 15 is 0 Å². The number of ether oxygens (including phenoxy) is 2. The van der Waals surface area contributed by atoms with Crippen LogP contribution in [0.15, 0.2) is 72.8 Å². The Hall–Kier alpha value is -4.77. The van der Waals surface area contributed by atoms with E-state index in [9.17, 15) is 29.6 Å². The molecule has 11 heteroatoms. The van der Waals surface area contributed by atoms with Crippen LogP contribution in [-0.2, 0) is 14.4 Å². The maximum Gasteiger partial charge on any atom is 0.269 e. The van der Waals surface area contributed by atoms with Crippen molar-refractivity contribution >= 4 is 34.7 Å². The van der Waals surface area contributed by atoms with Crippen LogP contribution in [-0.4, -0.2) is 47.4 Å². The second-order valence-corrected chi connectivity index (χ2v) is 9.71. The normalized spacial score (nSPS) is 22.2. The third-order valence-electron chi connectivity index (χ3n) is 7.05. The molecule has 3 aromatic carbocycles. The molecule has 208 valence electrons. The lowest BCUT2D eigenvalue weighted by Crippen LogP contribution is -2.56. The molecule has 0 saturated heterocycles. The van der Waals surface area contributed by atoms with E-state index in [0.717, 1.165) is 0 Å². The van der Waals surface area contributed by atoms with Crippen molar-refractivity contribution in [3.05, 3.63) is 88.5 Å². The zero-order chi connectivity index (χ0) is 29.0. The first-order chi connectivity index (χ1) is 19.1. The summed E-state index contributed by atoms with van der Waals surface area (Å²) in [7, 11) is 2.88. The molecule has 4 rings (SSSR count). The predicted molar refractivity (Wildman–Crippen MR) is 146 cm³/mol. The molecule has 0 bridgehead atoms. The van der Waals surface area contributed by atoms with E-state index in [1.807, 2.05) is 0 Å². The van der Waals surface area contributed by atoms with Gasteiger partial charge < -0.3 is 25.2 Å². The summed E-state index contributed by atoms with van der Waals surface area (Å²) < 4.78 is 10.6. The fraction of sp³-hybridized carbons (Fsp3) is 0.276. The van der Waals surface area contributed by atoms with Crippen molar-refractivity contribution in [3.8, 4) is 11.5 Å². The van der Waals surface area contributed by atoms with Crippen LogP contribution in [0, 0.1) is 22.0 Å². The molecule has 1 saturated carbocycles. The van der Waals surface area contributed by atoms with Crippen molar-refractivity contribution in [2.45, 2.75) is 24.9 Å². The lowest BCUT2D eigenvalue weighted by Gasteiger charge is -2.44. The third-order valence-corrected chi connectivity index (χ3v) is 7.05. The van der Waals surface area contributed by atoms with Crippen LogP contribution in [0.2, 0.25) is 0 Å². The summed E-state index contributed by atoms with van der Waals surface area (Å²) in [5.74, 6) is -5.07. The molecular formula is C29H29N3O8. The first-order valence-corrected chi connectivity index (χ1v) is 12.4. The molecule has 0 aliphatic heterocycles. The fourth-order valence-electron chi connectivity index (χ4n) is 5.23. The summed E-state index contributed by atoms with van der Waals surface area (Å²) in [5.41, 5.74) is -1.10. The summed E-state index contributed by atoms with van der Waals surface area (Å²) in [6.07, 6.45) is -0.468. The van der Waals surface area contributed by atoms with Crippen LogP contribution in [0.1, 0.15) is 24.8 Å². The van der Waals surface area contributed by atoms with Gasteiger partial charge in [0.05, 0.1) is 42.0 Å². The Morgan fingerprint density at radius 2 is 1.40 bits per heavy atom. The minimum Gasteiger partial charge on any atom is -0.495 e. The molecule has 0 radical (unpaired) electrons. The number of nitrogens with zero attached hydrogens (tertiary/aromatic N) is 1. The van der Waals surface area contributed by atoms with Crippen molar-refractivity contribution in [3.63, 3.8) is 0 Å². The Labute approximate surface area is 230 Å². The van der Waals surface area contributed by atoms with E-state index in [4.69, 9.17) is 9.47 Å². The number of benzene rings is 3. The average molecular weight is 548 g/mol. The number of non-ortho nitro benzene ring substituents is 1. The van der Waals surface area contributed by atoms with Crippen molar-refractivity contribution < 1.29 is 33.9 Å². The van der Waals surface area contributed by atoms with E-state index in [0.29, 0.717) is 28.4 Å². The molecule has 0 heterocycles. The van der Waals surface area contributed by atoms with Gasteiger partial charge in [-0.3, -0.25) is 24.5 Å². The number of nitro groups is 1. The Morgan fingerprint density at radius 3 is 1.90 bits per heavy atom. The number of hydrogen-bond donors (Lipinski definition) is 3. The number of ketones is 1. The molecule has 40 heavy (non-hydrogen) atoms. The van der Waals surface area contributed by atoms with Crippen molar-refractivity contribution in [2.75, 3.05) is 24.9 Å². The SMILES string of the molecule is COc1ccccc1NC(=O)[C@H]1C(=O)C[C@](C)(O)[C@@H](C(=O)Nc2ccccc2OC)[C@@H]1c1ccc([N+](=O)[O-])cc1. The molecule has 0 unspecified atom stereocenters. The minimum atomic E-state index is -1.85. The number of hydrogen-bond acceptors (Lipinski definition) is 8. The van der Waals surface area contributed by atoms with Gasteiger partial charge in [-0.25, -0.2) is 0 Å². The van der Waals surface area contributed by atoms with E-state index < -0.39 is 52.3 Å². The number of aliphatic hydroxyl groups is 1. The highest BCUT2D eigenvalue weighted by Gasteiger charge is 2.56. The number of methoxy groups -OCH3 is 2. The maximum absolute atomic E-state index is 13.8. The number of carbonyl (C=O) groups is 3. The zero-order valence-electron chi connectivity index (χ0n) is 22.1. The van der Waals surface area contributed by atoms with Gasteiger partial charge in [-0.15, -0.1) is 0 Å². The monoisotopic (exact) mass is 547 g/mol. The standard InChI is InChI=1S/C29H29N3O8/c1-29(36)16-21(33)25(27(34)30-19-8-4-6-10-22(19)39-2)24(17-12-14-18(15-13-17)32(37)38)26(29)28(35)31-20-9-5-7-11-23(20)40-3/h4-15,24-26,36H,16H2,1-3H3,(H,30,34)(H,31,35)/t24-,25+,26-,29+/m1/s1. The number of nitrogens with one attached hydrogen (secondary N) is 2.